The van der Waals surface area contributed by atoms with Gasteiger partial charge in [-0.05, 0) is 42.8 Å². The van der Waals surface area contributed by atoms with E-state index in [1.807, 2.05) is 25.1 Å². The summed E-state index contributed by atoms with van der Waals surface area (Å²) in [5.74, 6) is 0.526. The Morgan fingerprint density at radius 1 is 1.17 bits per heavy atom. The van der Waals surface area contributed by atoms with Crippen molar-refractivity contribution in [2.45, 2.75) is 13.0 Å². The zero-order valence-electron chi connectivity index (χ0n) is 13.5. The predicted molar refractivity (Wildman–Crippen MR) is 86.3 cm³/mol. The minimum absolute atomic E-state index is 0.103. The number of fused-ring (bicyclic) bond motifs is 1. The van der Waals surface area contributed by atoms with Gasteiger partial charge in [0.05, 0.1) is 13.2 Å². The fourth-order valence-corrected chi connectivity index (χ4v) is 2.50. The molecule has 1 aliphatic heterocycles. The average molecular weight is 331 g/mol. The second-order valence-electron chi connectivity index (χ2n) is 5.45. The largest absolute Gasteiger partial charge is 0.494 e. The molecule has 24 heavy (non-hydrogen) atoms. The molecule has 1 amide bonds. The van der Waals surface area contributed by atoms with Gasteiger partial charge < -0.3 is 19.5 Å². The molecule has 1 heterocycles. The van der Waals surface area contributed by atoms with Gasteiger partial charge in [0, 0.05) is 5.56 Å². The van der Waals surface area contributed by atoms with Crippen LogP contribution in [0.1, 0.15) is 28.9 Å². The Kier molecular flexibility index (Phi) is 4.55. The SMILES string of the molecule is COc1ccc(C(=O)N[C@H](C)c2ccc3c(c2)OCCO3)cc1F. The predicted octanol–water partition coefficient (Wildman–Crippen LogP) is 3.10. The van der Waals surface area contributed by atoms with Crippen molar-refractivity contribution in [1.82, 2.24) is 5.32 Å². The zero-order valence-corrected chi connectivity index (χ0v) is 13.5. The number of methoxy groups -OCH3 is 1. The van der Waals surface area contributed by atoms with Gasteiger partial charge >= 0.3 is 0 Å². The van der Waals surface area contributed by atoms with Crippen molar-refractivity contribution in [3.63, 3.8) is 0 Å². The van der Waals surface area contributed by atoms with E-state index in [4.69, 9.17) is 14.2 Å². The summed E-state index contributed by atoms with van der Waals surface area (Å²) in [7, 11) is 1.38. The number of nitrogens with one attached hydrogen (secondary N) is 1. The Morgan fingerprint density at radius 2 is 1.92 bits per heavy atom. The first kappa shape index (κ1) is 16.1. The molecule has 0 saturated heterocycles. The molecule has 0 unspecified atom stereocenters. The van der Waals surface area contributed by atoms with Gasteiger partial charge in [-0.1, -0.05) is 6.07 Å². The van der Waals surface area contributed by atoms with E-state index in [1.54, 1.807) is 0 Å². The molecular weight excluding hydrogens is 313 g/mol. The highest BCUT2D eigenvalue weighted by molar-refractivity contribution is 5.94. The van der Waals surface area contributed by atoms with Crippen molar-refractivity contribution < 1.29 is 23.4 Å². The third-order valence-corrected chi connectivity index (χ3v) is 3.83. The van der Waals surface area contributed by atoms with E-state index < -0.39 is 5.82 Å². The van der Waals surface area contributed by atoms with Crippen molar-refractivity contribution in [3.8, 4) is 17.2 Å². The summed E-state index contributed by atoms with van der Waals surface area (Å²) in [6.07, 6.45) is 0. The summed E-state index contributed by atoms with van der Waals surface area (Å²) in [6, 6.07) is 9.37. The summed E-state index contributed by atoms with van der Waals surface area (Å²) < 4.78 is 29.6. The van der Waals surface area contributed by atoms with Gasteiger partial charge in [-0.15, -0.1) is 0 Å². The van der Waals surface area contributed by atoms with Crippen LogP contribution in [0.2, 0.25) is 0 Å². The van der Waals surface area contributed by atoms with Crippen LogP contribution in [0, 0.1) is 5.82 Å². The van der Waals surface area contributed by atoms with Crippen molar-refractivity contribution >= 4 is 5.91 Å². The van der Waals surface area contributed by atoms with Crippen LogP contribution >= 0.6 is 0 Å². The molecule has 126 valence electrons. The van der Waals surface area contributed by atoms with Crippen LogP contribution in [-0.2, 0) is 0 Å². The molecule has 0 fully saturated rings. The molecule has 0 spiro atoms. The maximum absolute atomic E-state index is 13.7. The first-order valence-corrected chi connectivity index (χ1v) is 7.62. The summed E-state index contributed by atoms with van der Waals surface area (Å²) >= 11 is 0. The Balaban J connectivity index is 1.73. The lowest BCUT2D eigenvalue weighted by Gasteiger charge is -2.21. The number of hydrogen-bond acceptors (Lipinski definition) is 4. The molecule has 2 aromatic carbocycles. The molecule has 5 nitrogen and oxygen atoms in total. The van der Waals surface area contributed by atoms with Crippen LogP contribution in [-0.4, -0.2) is 26.2 Å². The molecule has 0 saturated carbocycles. The topological polar surface area (TPSA) is 56.8 Å². The Hall–Kier alpha value is -2.76. The van der Waals surface area contributed by atoms with E-state index in [2.05, 4.69) is 5.32 Å². The number of ether oxygens (including phenoxy) is 3. The van der Waals surface area contributed by atoms with Crippen LogP contribution < -0.4 is 19.5 Å². The summed E-state index contributed by atoms with van der Waals surface area (Å²) in [4.78, 5) is 12.3. The molecule has 0 aliphatic carbocycles. The Labute approximate surface area is 139 Å². The molecule has 1 N–H and O–H groups in total. The van der Waals surface area contributed by atoms with E-state index in [9.17, 15) is 9.18 Å². The van der Waals surface area contributed by atoms with Crippen molar-refractivity contribution in [1.29, 1.82) is 0 Å². The lowest BCUT2D eigenvalue weighted by molar-refractivity contribution is 0.0939. The summed E-state index contributed by atoms with van der Waals surface area (Å²) in [5, 5.41) is 2.84. The maximum Gasteiger partial charge on any atom is 0.251 e. The quantitative estimate of drug-likeness (QED) is 0.935. The highest BCUT2D eigenvalue weighted by atomic mass is 19.1. The number of rotatable bonds is 4. The number of hydrogen-bond donors (Lipinski definition) is 1. The van der Waals surface area contributed by atoms with Crippen LogP contribution in [0.25, 0.3) is 0 Å². The van der Waals surface area contributed by atoms with Gasteiger partial charge in [-0.2, -0.15) is 0 Å². The Morgan fingerprint density at radius 3 is 2.62 bits per heavy atom. The second kappa shape index (κ2) is 6.78. The smallest absolute Gasteiger partial charge is 0.251 e. The normalized spacial score (nSPS) is 14.0. The monoisotopic (exact) mass is 331 g/mol. The van der Waals surface area contributed by atoms with Gasteiger partial charge in [0.15, 0.2) is 23.1 Å². The number of benzene rings is 2. The lowest BCUT2D eigenvalue weighted by atomic mass is 10.1. The third kappa shape index (κ3) is 3.27. The first-order chi connectivity index (χ1) is 11.6. The van der Waals surface area contributed by atoms with Gasteiger partial charge in [0.1, 0.15) is 13.2 Å². The molecular formula is C18H18FNO4. The number of halogens is 1. The standard InChI is InChI=1S/C18H18FNO4/c1-11(12-3-6-16-17(10-12)24-8-7-23-16)20-18(21)13-4-5-15(22-2)14(19)9-13/h3-6,9-11H,7-8H2,1-2H3,(H,20,21)/t11-/m1/s1. The van der Waals surface area contributed by atoms with Crippen LogP contribution in [0.5, 0.6) is 17.2 Å². The Bertz CT molecular complexity index is 763. The number of carbonyl (C=O) groups excluding carboxylic acids is 1. The van der Waals surface area contributed by atoms with E-state index >= 15 is 0 Å². The molecule has 3 rings (SSSR count). The van der Waals surface area contributed by atoms with Crippen LogP contribution in [0.3, 0.4) is 0 Å². The third-order valence-electron chi connectivity index (χ3n) is 3.83. The minimum Gasteiger partial charge on any atom is -0.494 e. The van der Waals surface area contributed by atoms with Crippen LogP contribution in [0.15, 0.2) is 36.4 Å². The molecule has 1 aliphatic rings. The van der Waals surface area contributed by atoms with Crippen LogP contribution in [0.4, 0.5) is 4.39 Å². The maximum atomic E-state index is 13.7. The molecule has 2 aromatic rings. The molecule has 6 heteroatoms. The highest BCUT2D eigenvalue weighted by Gasteiger charge is 2.17. The average Bonchev–Trinajstić information content (AvgIpc) is 2.61. The van der Waals surface area contributed by atoms with Gasteiger partial charge in [0.25, 0.3) is 5.91 Å². The minimum atomic E-state index is -0.572. The molecule has 0 radical (unpaired) electrons. The van der Waals surface area contributed by atoms with Gasteiger partial charge in [-0.25, -0.2) is 4.39 Å². The van der Waals surface area contributed by atoms with Gasteiger partial charge in [-0.3, -0.25) is 4.79 Å². The van der Waals surface area contributed by atoms with Crippen molar-refractivity contribution in [2.24, 2.45) is 0 Å². The molecule has 1 atom stereocenters. The molecule has 0 aromatic heterocycles. The van der Waals surface area contributed by atoms with E-state index in [-0.39, 0.29) is 23.3 Å². The lowest BCUT2D eigenvalue weighted by Crippen LogP contribution is -2.27. The zero-order chi connectivity index (χ0) is 17.1. The van der Waals surface area contributed by atoms with Crippen molar-refractivity contribution in [3.05, 3.63) is 53.3 Å². The van der Waals surface area contributed by atoms with E-state index in [0.29, 0.717) is 24.7 Å². The summed E-state index contributed by atoms with van der Waals surface area (Å²) in [6.45, 7) is 2.88. The van der Waals surface area contributed by atoms with Crippen molar-refractivity contribution in [2.75, 3.05) is 20.3 Å². The fraction of sp³-hybridized carbons (Fsp3) is 0.278. The summed E-state index contributed by atoms with van der Waals surface area (Å²) in [5.41, 5.74) is 1.11. The number of carbonyl (C=O) groups is 1. The molecule has 0 bridgehead atoms. The van der Waals surface area contributed by atoms with E-state index in [1.165, 1.54) is 19.2 Å². The van der Waals surface area contributed by atoms with Gasteiger partial charge in [0.2, 0.25) is 0 Å². The fourth-order valence-electron chi connectivity index (χ4n) is 2.50. The number of amides is 1. The highest BCUT2D eigenvalue weighted by Crippen LogP contribution is 2.32. The first-order valence-electron chi connectivity index (χ1n) is 7.62. The second-order valence-corrected chi connectivity index (χ2v) is 5.45. The van der Waals surface area contributed by atoms with E-state index in [0.717, 1.165) is 11.6 Å².